The largest absolute Gasteiger partial charge is 0.395 e. The number of carbonyl (C=O) groups is 3. The zero-order valence-corrected chi connectivity index (χ0v) is 16.7. The van der Waals surface area contributed by atoms with E-state index in [2.05, 4.69) is 9.69 Å². The van der Waals surface area contributed by atoms with Crippen LogP contribution >= 0.6 is 11.5 Å². The van der Waals surface area contributed by atoms with Crippen molar-refractivity contribution in [2.45, 2.75) is 38.1 Å². The van der Waals surface area contributed by atoms with E-state index in [4.69, 9.17) is 11.5 Å². The monoisotopic (exact) mass is 396 g/mol. The van der Waals surface area contributed by atoms with Crippen LogP contribution in [0.15, 0.2) is 0 Å². The molecule has 150 valence electrons. The normalized spacial score (nSPS) is 14.9. The molecule has 1 aromatic rings. The zero-order valence-electron chi connectivity index (χ0n) is 15.9. The second-order valence-electron chi connectivity index (χ2n) is 7.07. The predicted octanol–water partition coefficient (Wildman–Crippen LogP) is 0.277. The number of hydrogen-bond acceptors (Lipinski definition) is 7. The molecular weight excluding hydrogens is 368 g/mol. The van der Waals surface area contributed by atoms with Gasteiger partial charge in [0.05, 0.1) is 12.2 Å². The molecule has 0 bridgehead atoms. The van der Waals surface area contributed by atoms with Gasteiger partial charge in [-0.15, -0.1) is 0 Å². The third-order valence-corrected chi connectivity index (χ3v) is 5.42. The lowest BCUT2D eigenvalue weighted by Gasteiger charge is -2.26. The number of nitrogens with zero attached hydrogens (tertiary/aromatic N) is 3. The lowest BCUT2D eigenvalue weighted by atomic mass is 9.95. The molecule has 0 spiro atoms. The molecule has 1 heterocycles. The highest BCUT2D eigenvalue weighted by atomic mass is 32.1. The van der Waals surface area contributed by atoms with Gasteiger partial charge in [-0.3, -0.25) is 14.4 Å². The first-order chi connectivity index (χ1) is 12.8. The molecule has 0 radical (unpaired) electrons. The van der Waals surface area contributed by atoms with Gasteiger partial charge < -0.3 is 26.6 Å². The van der Waals surface area contributed by atoms with Crippen molar-refractivity contribution in [3.63, 3.8) is 0 Å². The molecule has 5 N–H and O–H groups in total. The molecule has 1 saturated carbocycles. The van der Waals surface area contributed by atoms with Crippen LogP contribution in [0, 0.1) is 0 Å². The fourth-order valence-corrected chi connectivity index (χ4v) is 3.81. The van der Waals surface area contributed by atoms with Crippen LogP contribution in [-0.4, -0.2) is 71.7 Å². The maximum atomic E-state index is 12.9. The van der Waals surface area contributed by atoms with Crippen LogP contribution in [0.5, 0.6) is 0 Å². The van der Waals surface area contributed by atoms with Gasteiger partial charge in [0.2, 0.25) is 5.91 Å². The summed E-state index contributed by atoms with van der Waals surface area (Å²) in [4.78, 5) is 40.2. The Hall–Kier alpha value is -2.20. The molecule has 3 amide bonds. The molecule has 0 atom stereocenters. The first kappa shape index (κ1) is 21.1. The molecule has 1 aliphatic rings. The number of primary amides is 1. The minimum atomic E-state index is -0.780. The number of amides is 3. The van der Waals surface area contributed by atoms with E-state index in [1.165, 1.54) is 11.3 Å². The Morgan fingerprint density at radius 1 is 1.19 bits per heavy atom. The number of rotatable bonds is 8. The summed E-state index contributed by atoms with van der Waals surface area (Å²) in [5.41, 5.74) is 10.9. The molecule has 9 nitrogen and oxygen atoms in total. The number of hydrogen-bond donors (Lipinski definition) is 3. The van der Waals surface area contributed by atoms with Gasteiger partial charge in [0.15, 0.2) is 5.69 Å². The van der Waals surface area contributed by atoms with Crippen LogP contribution in [-0.2, 0) is 4.79 Å². The lowest BCUT2D eigenvalue weighted by Crippen LogP contribution is -2.46. The second-order valence-corrected chi connectivity index (χ2v) is 7.84. The summed E-state index contributed by atoms with van der Waals surface area (Å²) in [5.74, 6) is -1.39. The van der Waals surface area contributed by atoms with Gasteiger partial charge in [-0.05, 0) is 38.5 Å². The molecule has 1 aliphatic carbocycles. The summed E-state index contributed by atoms with van der Waals surface area (Å²) >= 11 is 0.826. The van der Waals surface area contributed by atoms with Crippen molar-refractivity contribution in [3.8, 4) is 0 Å². The van der Waals surface area contributed by atoms with Crippen molar-refractivity contribution in [1.82, 2.24) is 19.5 Å². The van der Waals surface area contributed by atoms with Crippen LogP contribution in [0.4, 0.5) is 5.69 Å². The molecule has 0 saturated heterocycles. The van der Waals surface area contributed by atoms with Crippen LogP contribution in [0.2, 0.25) is 0 Å². The molecule has 10 heteroatoms. The smallest absolute Gasteiger partial charge is 0.270 e. The average molecular weight is 397 g/mol. The number of anilines is 1. The van der Waals surface area contributed by atoms with Crippen molar-refractivity contribution in [3.05, 3.63) is 10.6 Å². The van der Waals surface area contributed by atoms with Gasteiger partial charge in [-0.1, -0.05) is 19.3 Å². The van der Waals surface area contributed by atoms with Crippen LogP contribution in [0.25, 0.3) is 0 Å². The SMILES string of the molecule is CN(C)CCN(CC(=O)NC1CCCCC1)C(=O)c1snc(C(N)=O)c1N. The molecule has 0 aliphatic heterocycles. The van der Waals surface area contributed by atoms with Gasteiger partial charge in [-0.2, -0.15) is 4.37 Å². The molecule has 1 fully saturated rings. The maximum absolute atomic E-state index is 12.9. The Bertz CT molecular complexity index is 684. The highest BCUT2D eigenvalue weighted by Gasteiger charge is 2.27. The maximum Gasteiger partial charge on any atom is 0.270 e. The van der Waals surface area contributed by atoms with E-state index in [0.29, 0.717) is 13.1 Å². The van der Waals surface area contributed by atoms with Crippen molar-refractivity contribution in [2.75, 3.05) is 39.5 Å². The van der Waals surface area contributed by atoms with E-state index in [1.54, 1.807) is 0 Å². The van der Waals surface area contributed by atoms with Gasteiger partial charge in [0.1, 0.15) is 4.88 Å². The quantitative estimate of drug-likeness (QED) is 0.577. The van der Waals surface area contributed by atoms with E-state index in [-0.39, 0.29) is 34.8 Å². The molecule has 2 rings (SSSR count). The lowest BCUT2D eigenvalue weighted by molar-refractivity contribution is -0.122. The summed E-state index contributed by atoms with van der Waals surface area (Å²) in [6.45, 7) is 0.878. The zero-order chi connectivity index (χ0) is 20.0. The fraction of sp³-hybridized carbons (Fsp3) is 0.647. The van der Waals surface area contributed by atoms with Gasteiger partial charge in [0, 0.05) is 19.1 Å². The first-order valence-corrected chi connectivity index (χ1v) is 9.85. The Labute approximate surface area is 163 Å². The first-order valence-electron chi connectivity index (χ1n) is 9.08. The van der Waals surface area contributed by atoms with Crippen LogP contribution in [0.3, 0.4) is 0 Å². The second kappa shape index (κ2) is 9.65. The van der Waals surface area contributed by atoms with Crippen molar-refractivity contribution in [1.29, 1.82) is 0 Å². The minimum absolute atomic E-state index is 0.0277. The highest BCUT2D eigenvalue weighted by Crippen LogP contribution is 2.23. The summed E-state index contributed by atoms with van der Waals surface area (Å²) in [5, 5.41) is 3.02. The predicted molar refractivity (Wildman–Crippen MR) is 105 cm³/mol. The summed E-state index contributed by atoms with van der Waals surface area (Å²) < 4.78 is 3.87. The Morgan fingerprint density at radius 2 is 1.85 bits per heavy atom. The van der Waals surface area contributed by atoms with E-state index in [9.17, 15) is 14.4 Å². The molecule has 1 aromatic heterocycles. The number of nitrogens with two attached hydrogens (primary N) is 2. The molecule has 0 unspecified atom stereocenters. The average Bonchev–Trinajstić information content (AvgIpc) is 3.00. The topological polar surface area (TPSA) is 135 Å². The Balaban J connectivity index is 2.09. The van der Waals surface area contributed by atoms with Crippen molar-refractivity contribution < 1.29 is 14.4 Å². The minimum Gasteiger partial charge on any atom is -0.395 e. The molecule has 27 heavy (non-hydrogen) atoms. The van der Waals surface area contributed by atoms with Crippen LogP contribution in [0.1, 0.15) is 52.3 Å². The fourth-order valence-electron chi connectivity index (χ4n) is 3.04. The number of carbonyl (C=O) groups excluding carboxylic acids is 3. The third-order valence-electron chi connectivity index (χ3n) is 4.56. The molecule has 0 aromatic carbocycles. The van der Waals surface area contributed by atoms with E-state index >= 15 is 0 Å². The standard InChI is InChI=1S/C17H28N6O3S/c1-22(2)8-9-23(10-12(24)20-11-6-4-3-5-7-11)17(26)15-13(18)14(16(19)25)21-27-15/h11H,3-10,18H2,1-2H3,(H2,19,25)(H,20,24). The van der Waals surface area contributed by atoms with Gasteiger partial charge in [0.25, 0.3) is 11.8 Å². The summed E-state index contributed by atoms with van der Waals surface area (Å²) in [6.07, 6.45) is 5.37. The third kappa shape index (κ3) is 5.90. The summed E-state index contributed by atoms with van der Waals surface area (Å²) in [7, 11) is 3.77. The molecular formula is C17H28N6O3S. The van der Waals surface area contributed by atoms with Crippen molar-refractivity contribution in [2.24, 2.45) is 5.73 Å². The Kier molecular flexibility index (Phi) is 7.55. The van der Waals surface area contributed by atoms with Gasteiger partial charge in [-0.25, -0.2) is 0 Å². The van der Waals surface area contributed by atoms with E-state index in [0.717, 1.165) is 37.2 Å². The summed E-state index contributed by atoms with van der Waals surface area (Å²) in [6, 6.07) is 0.173. The Morgan fingerprint density at radius 3 is 2.41 bits per heavy atom. The van der Waals surface area contributed by atoms with Crippen LogP contribution < -0.4 is 16.8 Å². The van der Waals surface area contributed by atoms with E-state index in [1.807, 2.05) is 19.0 Å². The number of likely N-dealkylation sites (N-methyl/N-ethyl adjacent to an activating group) is 1. The van der Waals surface area contributed by atoms with Crippen molar-refractivity contribution >= 4 is 34.9 Å². The van der Waals surface area contributed by atoms with Gasteiger partial charge >= 0.3 is 0 Å². The van der Waals surface area contributed by atoms with E-state index < -0.39 is 11.8 Å². The number of nitrogens with one attached hydrogen (secondary N) is 1. The highest BCUT2D eigenvalue weighted by molar-refractivity contribution is 7.09. The number of nitrogen functional groups attached to an aromatic ring is 1. The number of aromatic nitrogens is 1.